The molecule has 130 valence electrons. The number of aromatic nitrogens is 2. The van der Waals surface area contributed by atoms with Crippen molar-refractivity contribution in [2.24, 2.45) is 0 Å². The number of nitrogens with one attached hydrogen (secondary N) is 2. The molecule has 2 aromatic heterocycles. The van der Waals surface area contributed by atoms with Gasteiger partial charge in [0.25, 0.3) is 5.91 Å². The Kier molecular flexibility index (Phi) is 4.28. The zero-order valence-electron chi connectivity index (χ0n) is 14.2. The van der Waals surface area contributed by atoms with Crippen molar-refractivity contribution in [1.82, 2.24) is 20.4 Å². The minimum absolute atomic E-state index is 0.185. The zero-order valence-corrected chi connectivity index (χ0v) is 14.2. The minimum Gasteiger partial charge on any atom is -0.459 e. The van der Waals surface area contributed by atoms with Crippen molar-refractivity contribution in [1.29, 1.82) is 0 Å². The Hall–Kier alpha value is -2.60. The number of para-hydroxylation sites is 1. The number of amides is 1. The van der Waals surface area contributed by atoms with Crippen molar-refractivity contribution >= 4 is 16.9 Å². The molecule has 2 atom stereocenters. The Balaban J connectivity index is 1.45. The molecule has 6 heteroatoms. The van der Waals surface area contributed by atoms with Crippen molar-refractivity contribution in [3.8, 4) is 0 Å². The van der Waals surface area contributed by atoms with E-state index in [1.807, 2.05) is 48.1 Å². The number of rotatable bonds is 4. The molecule has 0 aliphatic carbocycles. The largest absolute Gasteiger partial charge is 0.459 e. The molecule has 1 saturated heterocycles. The Morgan fingerprint density at radius 2 is 2.28 bits per heavy atom. The topological polar surface area (TPSA) is 72.1 Å². The van der Waals surface area contributed by atoms with Crippen LogP contribution in [-0.2, 0) is 0 Å². The normalized spacial score (nSPS) is 19.0. The van der Waals surface area contributed by atoms with E-state index in [2.05, 4.69) is 15.7 Å². The van der Waals surface area contributed by atoms with Crippen LogP contribution in [0.15, 0.2) is 47.0 Å². The summed E-state index contributed by atoms with van der Waals surface area (Å²) < 4.78 is 7.71. The summed E-state index contributed by atoms with van der Waals surface area (Å²) in [6.45, 7) is 3.87. The molecule has 1 amide bonds. The summed E-state index contributed by atoms with van der Waals surface area (Å²) in [5.41, 5.74) is 1.27. The van der Waals surface area contributed by atoms with Crippen molar-refractivity contribution in [2.75, 3.05) is 13.1 Å². The smallest absolute Gasteiger partial charge is 0.272 e. The molecular weight excluding hydrogens is 316 g/mol. The van der Waals surface area contributed by atoms with Gasteiger partial charge in [-0.15, -0.1) is 0 Å². The van der Waals surface area contributed by atoms with Crippen LogP contribution in [0.25, 0.3) is 11.0 Å². The summed E-state index contributed by atoms with van der Waals surface area (Å²) in [6.07, 6.45) is 4.11. The number of piperidine rings is 1. The van der Waals surface area contributed by atoms with E-state index in [9.17, 15) is 4.79 Å². The fraction of sp³-hybridized carbons (Fsp3) is 0.368. The van der Waals surface area contributed by atoms with Crippen molar-refractivity contribution in [2.45, 2.75) is 31.8 Å². The van der Waals surface area contributed by atoms with E-state index in [-0.39, 0.29) is 11.9 Å². The van der Waals surface area contributed by atoms with E-state index in [4.69, 9.17) is 4.42 Å². The van der Waals surface area contributed by atoms with E-state index in [1.165, 1.54) is 0 Å². The second kappa shape index (κ2) is 6.72. The number of carbonyl (C=O) groups excluding carboxylic acids is 1. The van der Waals surface area contributed by atoms with Crippen LogP contribution in [0.2, 0.25) is 0 Å². The monoisotopic (exact) mass is 338 g/mol. The van der Waals surface area contributed by atoms with Gasteiger partial charge in [0.1, 0.15) is 17.0 Å². The number of benzene rings is 1. The zero-order chi connectivity index (χ0) is 17.2. The van der Waals surface area contributed by atoms with E-state index < -0.39 is 0 Å². The summed E-state index contributed by atoms with van der Waals surface area (Å²) >= 11 is 0. The van der Waals surface area contributed by atoms with Crippen LogP contribution in [0, 0.1) is 0 Å². The number of fused-ring (bicyclic) bond motifs is 1. The minimum atomic E-state index is -0.221. The lowest BCUT2D eigenvalue weighted by atomic mass is 10.1. The van der Waals surface area contributed by atoms with Gasteiger partial charge in [0.05, 0.1) is 12.1 Å². The van der Waals surface area contributed by atoms with Crippen molar-refractivity contribution in [3.05, 3.63) is 54.0 Å². The van der Waals surface area contributed by atoms with Crippen LogP contribution in [0.3, 0.4) is 0 Å². The number of hydrogen-bond acceptors (Lipinski definition) is 4. The predicted molar refractivity (Wildman–Crippen MR) is 95.5 cm³/mol. The summed E-state index contributed by atoms with van der Waals surface area (Å²) in [5, 5.41) is 11.8. The highest BCUT2D eigenvalue weighted by Crippen LogP contribution is 2.24. The highest BCUT2D eigenvalue weighted by atomic mass is 16.3. The molecule has 1 aliphatic rings. The second-order valence-electron chi connectivity index (χ2n) is 6.56. The molecule has 0 bridgehead atoms. The first-order valence-corrected chi connectivity index (χ1v) is 8.76. The highest BCUT2D eigenvalue weighted by molar-refractivity contribution is 5.92. The molecule has 25 heavy (non-hydrogen) atoms. The van der Waals surface area contributed by atoms with Crippen LogP contribution in [-0.4, -0.2) is 28.8 Å². The molecular formula is C19H22N4O2. The van der Waals surface area contributed by atoms with Crippen molar-refractivity contribution in [3.63, 3.8) is 0 Å². The maximum absolute atomic E-state index is 12.5. The van der Waals surface area contributed by atoms with E-state index in [1.54, 1.807) is 6.07 Å². The lowest BCUT2D eigenvalue weighted by Gasteiger charge is -2.22. The second-order valence-corrected chi connectivity index (χ2v) is 6.56. The molecule has 3 aromatic rings. The predicted octanol–water partition coefficient (Wildman–Crippen LogP) is 3.04. The average molecular weight is 338 g/mol. The Labute approximate surface area is 146 Å². The maximum atomic E-state index is 12.5. The number of furan rings is 1. The molecule has 2 N–H and O–H groups in total. The fourth-order valence-electron chi connectivity index (χ4n) is 3.28. The Morgan fingerprint density at radius 3 is 3.08 bits per heavy atom. The van der Waals surface area contributed by atoms with Gasteiger partial charge >= 0.3 is 0 Å². The third-order valence-electron chi connectivity index (χ3n) is 4.70. The maximum Gasteiger partial charge on any atom is 0.272 e. The molecule has 1 aliphatic heterocycles. The third-order valence-corrected chi connectivity index (χ3v) is 4.70. The molecule has 1 aromatic carbocycles. The SMILES string of the molecule is CC(NC(=O)c1ccn(C2CCCNC2)n1)c1cc2ccccc2o1. The van der Waals surface area contributed by atoms with Gasteiger partial charge in [0.15, 0.2) is 0 Å². The Morgan fingerprint density at radius 1 is 1.40 bits per heavy atom. The number of nitrogens with zero attached hydrogens (tertiary/aromatic N) is 2. The van der Waals surface area contributed by atoms with Gasteiger partial charge in [-0.1, -0.05) is 18.2 Å². The Bertz CT molecular complexity index is 843. The quantitative estimate of drug-likeness (QED) is 0.767. The molecule has 6 nitrogen and oxygen atoms in total. The van der Waals surface area contributed by atoms with Crippen LogP contribution < -0.4 is 10.6 Å². The first-order valence-electron chi connectivity index (χ1n) is 8.76. The standard InChI is InChI=1S/C19H22N4O2/c1-13(18-11-14-5-2-3-7-17(14)25-18)21-19(24)16-8-10-23(22-16)15-6-4-9-20-12-15/h2-3,5,7-8,10-11,13,15,20H,4,6,9,12H2,1H3,(H,21,24). The third kappa shape index (κ3) is 3.30. The first-order chi connectivity index (χ1) is 12.2. The lowest BCUT2D eigenvalue weighted by Crippen LogP contribution is -2.32. The molecule has 0 saturated carbocycles. The fourth-order valence-corrected chi connectivity index (χ4v) is 3.28. The first kappa shape index (κ1) is 15.9. The van der Waals surface area contributed by atoms with E-state index in [0.717, 1.165) is 42.7 Å². The molecule has 3 heterocycles. The summed E-state index contributed by atoms with van der Waals surface area (Å²) in [5.74, 6) is 0.556. The molecule has 0 radical (unpaired) electrons. The van der Waals surface area contributed by atoms with E-state index >= 15 is 0 Å². The van der Waals surface area contributed by atoms with Gasteiger partial charge in [0, 0.05) is 18.1 Å². The molecule has 1 fully saturated rings. The van der Waals surface area contributed by atoms with Gasteiger partial charge in [-0.2, -0.15) is 5.10 Å². The van der Waals surface area contributed by atoms with Crippen LogP contribution in [0.1, 0.15) is 48.1 Å². The van der Waals surface area contributed by atoms with Gasteiger partial charge in [-0.25, -0.2) is 0 Å². The van der Waals surface area contributed by atoms with Gasteiger partial charge < -0.3 is 15.1 Å². The molecule has 4 rings (SSSR count). The highest BCUT2D eigenvalue weighted by Gasteiger charge is 2.20. The van der Waals surface area contributed by atoms with Crippen LogP contribution >= 0.6 is 0 Å². The summed E-state index contributed by atoms with van der Waals surface area (Å²) in [7, 11) is 0. The van der Waals surface area contributed by atoms with Gasteiger partial charge in [-0.05, 0) is 44.5 Å². The van der Waals surface area contributed by atoms with Gasteiger partial charge in [-0.3, -0.25) is 9.48 Å². The average Bonchev–Trinajstić information content (AvgIpc) is 3.29. The molecule has 0 spiro atoms. The van der Waals surface area contributed by atoms with Crippen LogP contribution in [0.5, 0.6) is 0 Å². The summed E-state index contributed by atoms with van der Waals surface area (Å²) in [4.78, 5) is 12.5. The number of carbonyl (C=O) groups is 1. The van der Waals surface area contributed by atoms with E-state index in [0.29, 0.717) is 11.7 Å². The van der Waals surface area contributed by atoms with Crippen molar-refractivity contribution < 1.29 is 9.21 Å². The molecule has 2 unspecified atom stereocenters. The lowest BCUT2D eigenvalue weighted by molar-refractivity contribution is 0.0929. The number of hydrogen-bond donors (Lipinski definition) is 2. The van der Waals surface area contributed by atoms with Crippen LogP contribution in [0.4, 0.5) is 0 Å². The van der Waals surface area contributed by atoms with Gasteiger partial charge in [0.2, 0.25) is 0 Å². The summed E-state index contributed by atoms with van der Waals surface area (Å²) in [6, 6.07) is 11.7.